The summed E-state index contributed by atoms with van der Waals surface area (Å²) in [6, 6.07) is 2.42. The zero-order valence-corrected chi connectivity index (χ0v) is 12.5. The molecule has 0 aromatic carbocycles. The fourth-order valence-corrected chi connectivity index (χ4v) is 2.92. The predicted molar refractivity (Wildman–Crippen MR) is 79.5 cm³/mol. The summed E-state index contributed by atoms with van der Waals surface area (Å²) < 4.78 is 0. The van der Waals surface area contributed by atoms with Gasteiger partial charge in [0, 0.05) is 31.0 Å². The van der Waals surface area contributed by atoms with Crippen LogP contribution in [0.2, 0.25) is 5.02 Å². The molecule has 2 unspecified atom stereocenters. The van der Waals surface area contributed by atoms with E-state index in [2.05, 4.69) is 28.9 Å². The SMILES string of the molecule is CN1CCCN(C)C(C(N)Cc2ccncc2Cl)C1. The van der Waals surface area contributed by atoms with E-state index >= 15 is 0 Å². The Bertz CT molecular complexity index is 412. The average molecular weight is 283 g/mol. The minimum atomic E-state index is 0.0884. The molecule has 1 aliphatic rings. The Morgan fingerprint density at radius 3 is 3.00 bits per heavy atom. The molecule has 2 heterocycles. The van der Waals surface area contributed by atoms with Crippen LogP contribution in [0.4, 0.5) is 0 Å². The molecule has 0 spiro atoms. The Balaban J connectivity index is 2.05. The van der Waals surface area contributed by atoms with Gasteiger partial charge in [-0.1, -0.05) is 11.6 Å². The first kappa shape index (κ1) is 14.7. The molecule has 19 heavy (non-hydrogen) atoms. The van der Waals surface area contributed by atoms with E-state index in [1.54, 1.807) is 12.4 Å². The van der Waals surface area contributed by atoms with Gasteiger partial charge < -0.3 is 15.5 Å². The van der Waals surface area contributed by atoms with Crippen LogP contribution in [0.15, 0.2) is 18.5 Å². The fourth-order valence-electron chi connectivity index (χ4n) is 2.73. The van der Waals surface area contributed by atoms with Crippen molar-refractivity contribution in [2.24, 2.45) is 5.73 Å². The topological polar surface area (TPSA) is 45.4 Å². The normalized spacial score (nSPS) is 24.1. The van der Waals surface area contributed by atoms with Gasteiger partial charge in [0.25, 0.3) is 0 Å². The summed E-state index contributed by atoms with van der Waals surface area (Å²) >= 11 is 6.16. The van der Waals surface area contributed by atoms with Crippen molar-refractivity contribution in [2.45, 2.75) is 24.9 Å². The van der Waals surface area contributed by atoms with Crippen molar-refractivity contribution in [1.29, 1.82) is 0 Å². The Morgan fingerprint density at radius 1 is 1.47 bits per heavy atom. The number of aromatic nitrogens is 1. The fraction of sp³-hybridized carbons (Fsp3) is 0.643. The van der Waals surface area contributed by atoms with E-state index in [0.29, 0.717) is 11.1 Å². The maximum absolute atomic E-state index is 6.42. The minimum Gasteiger partial charge on any atom is -0.326 e. The van der Waals surface area contributed by atoms with E-state index in [4.69, 9.17) is 17.3 Å². The minimum absolute atomic E-state index is 0.0884. The first-order valence-corrected chi connectivity index (χ1v) is 7.18. The molecule has 2 atom stereocenters. The van der Waals surface area contributed by atoms with Crippen molar-refractivity contribution in [3.05, 3.63) is 29.0 Å². The number of rotatable bonds is 3. The number of hydrogen-bond acceptors (Lipinski definition) is 4. The molecule has 0 saturated carbocycles. The summed E-state index contributed by atoms with van der Waals surface area (Å²) in [6.07, 6.45) is 5.46. The van der Waals surface area contributed by atoms with Gasteiger partial charge in [0.15, 0.2) is 0 Å². The van der Waals surface area contributed by atoms with Crippen LogP contribution >= 0.6 is 11.6 Å². The van der Waals surface area contributed by atoms with Crippen LogP contribution in [0.25, 0.3) is 0 Å². The molecular weight excluding hydrogens is 260 g/mol. The second kappa shape index (κ2) is 6.66. The monoisotopic (exact) mass is 282 g/mol. The van der Waals surface area contributed by atoms with E-state index in [1.807, 2.05) is 6.07 Å². The maximum atomic E-state index is 6.42. The lowest BCUT2D eigenvalue weighted by Gasteiger charge is -2.32. The summed E-state index contributed by atoms with van der Waals surface area (Å²) in [5, 5.41) is 0.711. The largest absolute Gasteiger partial charge is 0.326 e. The van der Waals surface area contributed by atoms with Crippen LogP contribution in [-0.2, 0) is 6.42 Å². The van der Waals surface area contributed by atoms with Crippen LogP contribution in [-0.4, -0.2) is 60.6 Å². The number of halogens is 1. The van der Waals surface area contributed by atoms with Gasteiger partial charge >= 0.3 is 0 Å². The molecule has 1 aliphatic heterocycles. The molecule has 1 aromatic rings. The number of nitrogens with two attached hydrogens (primary N) is 1. The third-order valence-corrected chi connectivity index (χ3v) is 4.26. The Morgan fingerprint density at radius 2 is 2.26 bits per heavy atom. The third-order valence-electron chi connectivity index (χ3n) is 3.92. The third kappa shape index (κ3) is 3.89. The highest BCUT2D eigenvalue weighted by molar-refractivity contribution is 6.31. The Kier molecular flexibility index (Phi) is 5.16. The first-order chi connectivity index (χ1) is 9.08. The molecule has 4 nitrogen and oxygen atoms in total. The molecule has 1 saturated heterocycles. The van der Waals surface area contributed by atoms with E-state index < -0.39 is 0 Å². The molecule has 0 aliphatic carbocycles. The van der Waals surface area contributed by atoms with Crippen molar-refractivity contribution in [3.63, 3.8) is 0 Å². The maximum Gasteiger partial charge on any atom is 0.0621 e. The molecule has 1 aromatic heterocycles. The summed E-state index contributed by atoms with van der Waals surface area (Å²) in [4.78, 5) is 8.76. The lowest BCUT2D eigenvalue weighted by atomic mass is 9.99. The van der Waals surface area contributed by atoms with E-state index in [1.165, 1.54) is 6.42 Å². The lowest BCUT2D eigenvalue weighted by molar-refractivity contribution is 0.195. The quantitative estimate of drug-likeness (QED) is 0.906. The molecule has 1 fully saturated rings. The molecule has 5 heteroatoms. The highest BCUT2D eigenvalue weighted by Gasteiger charge is 2.26. The van der Waals surface area contributed by atoms with E-state index in [-0.39, 0.29) is 6.04 Å². The van der Waals surface area contributed by atoms with Gasteiger partial charge in [-0.3, -0.25) is 4.98 Å². The van der Waals surface area contributed by atoms with Gasteiger partial charge in [0.1, 0.15) is 0 Å². The van der Waals surface area contributed by atoms with Gasteiger partial charge in [0.2, 0.25) is 0 Å². The van der Waals surface area contributed by atoms with E-state index in [9.17, 15) is 0 Å². The summed E-state index contributed by atoms with van der Waals surface area (Å²) in [5.41, 5.74) is 7.51. The predicted octanol–water partition coefficient (Wildman–Crippen LogP) is 1.24. The highest BCUT2D eigenvalue weighted by atomic mass is 35.5. The van der Waals surface area contributed by atoms with Crippen molar-refractivity contribution in [2.75, 3.05) is 33.7 Å². The van der Waals surface area contributed by atoms with Crippen LogP contribution < -0.4 is 5.73 Å². The molecule has 0 radical (unpaired) electrons. The van der Waals surface area contributed by atoms with Crippen molar-refractivity contribution in [3.8, 4) is 0 Å². The van der Waals surface area contributed by atoms with E-state index in [0.717, 1.165) is 31.6 Å². The molecule has 2 rings (SSSR count). The number of pyridine rings is 1. The van der Waals surface area contributed by atoms with Crippen LogP contribution in [0, 0.1) is 0 Å². The van der Waals surface area contributed by atoms with Crippen molar-refractivity contribution >= 4 is 11.6 Å². The van der Waals surface area contributed by atoms with Gasteiger partial charge in [-0.25, -0.2) is 0 Å². The summed E-state index contributed by atoms with van der Waals surface area (Å²) in [7, 11) is 4.33. The second-order valence-corrected chi connectivity index (χ2v) is 5.91. The van der Waals surface area contributed by atoms with Gasteiger partial charge in [-0.2, -0.15) is 0 Å². The van der Waals surface area contributed by atoms with Gasteiger partial charge in [-0.05, 0) is 51.7 Å². The first-order valence-electron chi connectivity index (χ1n) is 6.80. The van der Waals surface area contributed by atoms with Crippen LogP contribution in [0.5, 0.6) is 0 Å². The van der Waals surface area contributed by atoms with Gasteiger partial charge in [0.05, 0.1) is 5.02 Å². The zero-order chi connectivity index (χ0) is 13.8. The smallest absolute Gasteiger partial charge is 0.0621 e. The van der Waals surface area contributed by atoms with Crippen LogP contribution in [0.3, 0.4) is 0 Å². The summed E-state index contributed by atoms with van der Waals surface area (Å²) in [6.45, 7) is 3.26. The van der Waals surface area contributed by atoms with Gasteiger partial charge in [-0.15, -0.1) is 0 Å². The average Bonchev–Trinajstić information content (AvgIpc) is 2.54. The lowest BCUT2D eigenvalue weighted by Crippen LogP contribution is -2.51. The summed E-state index contributed by atoms with van der Waals surface area (Å²) in [5.74, 6) is 0. The molecule has 0 amide bonds. The molecule has 2 N–H and O–H groups in total. The Labute approximate surface area is 120 Å². The number of hydrogen-bond donors (Lipinski definition) is 1. The zero-order valence-electron chi connectivity index (χ0n) is 11.7. The van der Waals surface area contributed by atoms with Crippen molar-refractivity contribution in [1.82, 2.24) is 14.8 Å². The Hall–Kier alpha value is -0.680. The standard InChI is InChI=1S/C14H23ClN4/c1-18-6-3-7-19(2)14(10-18)13(16)8-11-4-5-17-9-12(11)15/h4-5,9,13-14H,3,6-8,10,16H2,1-2H3. The van der Waals surface area contributed by atoms with Crippen molar-refractivity contribution < 1.29 is 0 Å². The van der Waals surface area contributed by atoms with Crippen LogP contribution in [0.1, 0.15) is 12.0 Å². The second-order valence-electron chi connectivity index (χ2n) is 5.50. The highest BCUT2D eigenvalue weighted by Crippen LogP contribution is 2.18. The number of likely N-dealkylation sites (N-methyl/N-ethyl adjacent to an activating group) is 2. The molecule has 0 bridgehead atoms. The molecule has 106 valence electrons. The molecular formula is C14H23ClN4. The number of nitrogens with zero attached hydrogens (tertiary/aromatic N) is 3.